The van der Waals surface area contributed by atoms with Crippen LogP contribution in [-0.2, 0) is 20.1 Å². The molecular weight excluding hydrogens is 965 g/mol. The monoisotopic (exact) mass is 1010 g/mol. The first-order valence-corrected chi connectivity index (χ1v) is 21.6. The van der Waals surface area contributed by atoms with Gasteiger partial charge in [-0.1, -0.05) is 118 Å². The van der Waals surface area contributed by atoms with Crippen molar-refractivity contribution in [3.05, 3.63) is 193 Å². The zero-order chi connectivity index (χ0) is 42.8. The molecule has 0 N–H and O–H groups in total. The maximum atomic E-state index is 6.36. The fourth-order valence-corrected chi connectivity index (χ4v) is 9.18. The molecule has 0 aliphatic carbocycles. The van der Waals surface area contributed by atoms with Crippen molar-refractivity contribution in [3.63, 3.8) is 0 Å². The van der Waals surface area contributed by atoms with E-state index < -0.39 is 0 Å². The Morgan fingerprint density at radius 2 is 1.05 bits per heavy atom. The SMILES string of the molecule is CC(C)c1cccc(C(C)C)c1-n1c(-c2[c-]cccc2)nc2ccccc21.Cc1c(-n2c(-c3[c-]ccc4c3oc3ccccc34)nc3ccccc32)ccc2c1oc1ccccc12.[Ir]. The van der Waals surface area contributed by atoms with Crippen LogP contribution >= 0.6 is 0 Å². The molecule has 0 saturated heterocycles. The molecule has 0 aliphatic rings. The maximum Gasteiger partial charge on any atom is 0.140 e. The van der Waals surface area contributed by atoms with Crippen molar-refractivity contribution >= 4 is 65.9 Å². The summed E-state index contributed by atoms with van der Waals surface area (Å²) in [7, 11) is 0. The van der Waals surface area contributed by atoms with Gasteiger partial charge in [0.15, 0.2) is 0 Å². The fraction of sp³-hybridized carbons (Fsp3) is 0.123. The number of aromatic nitrogens is 4. The van der Waals surface area contributed by atoms with E-state index >= 15 is 0 Å². The summed E-state index contributed by atoms with van der Waals surface area (Å²) in [6.07, 6.45) is 0. The smallest absolute Gasteiger partial charge is 0.140 e. The summed E-state index contributed by atoms with van der Waals surface area (Å²) in [5, 5.41) is 4.38. The van der Waals surface area contributed by atoms with Gasteiger partial charge in [-0.3, -0.25) is 9.97 Å². The van der Waals surface area contributed by atoms with Gasteiger partial charge < -0.3 is 18.0 Å². The van der Waals surface area contributed by atoms with Crippen molar-refractivity contribution in [1.29, 1.82) is 0 Å². The number of aryl methyl sites for hydroxylation is 1. The van der Waals surface area contributed by atoms with Crippen molar-refractivity contribution in [2.75, 3.05) is 0 Å². The third kappa shape index (κ3) is 6.75. The van der Waals surface area contributed by atoms with Gasteiger partial charge in [0.2, 0.25) is 0 Å². The van der Waals surface area contributed by atoms with Crippen LogP contribution in [-0.4, -0.2) is 19.1 Å². The summed E-state index contributed by atoms with van der Waals surface area (Å²) in [5.74, 6) is 2.59. The Bertz CT molecular complexity index is 3640. The van der Waals surface area contributed by atoms with E-state index in [1.807, 2.05) is 78.9 Å². The summed E-state index contributed by atoms with van der Waals surface area (Å²) < 4.78 is 17.2. The minimum atomic E-state index is 0. The summed E-state index contributed by atoms with van der Waals surface area (Å²) in [5.41, 5.74) is 15.4. The molecule has 7 heteroatoms. The molecule has 0 atom stereocenters. The molecule has 1 radical (unpaired) electrons. The number of para-hydroxylation sites is 7. The Hall–Kier alpha value is -7.05. The van der Waals surface area contributed by atoms with Crippen LogP contribution in [0.2, 0.25) is 0 Å². The third-order valence-corrected chi connectivity index (χ3v) is 12.2. The summed E-state index contributed by atoms with van der Waals surface area (Å²) in [4.78, 5) is 10.1. The zero-order valence-electron chi connectivity index (χ0n) is 36.2. The van der Waals surface area contributed by atoms with Gasteiger partial charge in [0, 0.05) is 53.2 Å². The molecule has 6 nitrogen and oxygen atoms in total. The summed E-state index contributed by atoms with van der Waals surface area (Å²) in [6, 6.07) is 62.8. The van der Waals surface area contributed by atoms with Crippen LogP contribution in [0.15, 0.2) is 173 Å². The average Bonchev–Trinajstić information content (AvgIpc) is 4.10. The second-order valence-electron chi connectivity index (χ2n) is 16.8. The van der Waals surface area contributed by atoms with E-state index in [1.165, 1.54) is 16.8 Å². The first-order chi connectivity index (χ1) is 30.9. The number of imidazole rings is 2. The zero-order valence-corrected chi connectivity index (χ0v) is 38.6. The number of benzene rings is 8. The molecule has 0 amide bonds. The summed E-state index contributed by atoms with van der Waals surface area (Å²) in [6.45, 7) is 11.2. The van der Waals surface area contributed by atoms with Gasteiger partial charge in [-0.25, -0.2) is 0 Å². The van der Waals surface area contributed by atoms with Crippen LogP contribution in [0.4, 0.5) is 0 Å². The molecule has 0 saturated carbocycles. The topological polar surface area (TPSA) is 61.9 Å². The van der Waals surface area contributed by atoms with Gasteiger partial charge in [0.1, 0.15) is 16.7 Å². The quantitative estimate of drug-likeness (QED) is 0.156. The number of hydrogen-bond donors (Lipinski definition) is 0. The van der Waals surface area contributed by atoms with E-state index in [-0.39, 0.29) is 20.1 Å². The molecule has 12 rings (SSSR count). The number of rotatable bonds is 6. The standard InChI is InChI=1S/C32H19N2O2.C25H25N2.Ir/c1-19-26(18-17-23-21-10-3-6-15-28(21)35-30(19)23)34-27-14-5-4-13-25(27)33-32(34)24-12-8-11-22-20-9-2-7-16-29(20)36-31(22)24;1-17(2)20-13-10-14-21(18(3)4)24(20)27-23-16-9-8-15-22(23)26-25(27)19-11-6-5-7-12-19;/h2-11,13-18H,1H3;5-11,13-18H,1-4H3;/q2*-1;. The van der Waals surface area contributed by atoms with Gasteiger partial charge in [0.25, 0.3) is 0 Å². The average molecular weight is 1010 g/mol. The Kier molecular flexibility index (Phi) is 10.6. The Balaban J connectivity index is 0.000000156. The Morgan fingerprint density at radius 3 is 1.69 bits per heavy atom. The first-order valence-electron chi connectivity index (χ1n) is 21.6. The largest absolute Gasteiger partial charge is 0.501 e. The molecule has 0 bridgehead atoms. The van der Waals surface area contributed by atoms with E-state index in [2.05, 4.69) is 141 Å². The minimum absolute atomic E-state index is 0. The molecule has 8 aromatic carbocycles. The van der Waals surface area contributed by atoms with Gasteiger partial charge in [-0.2, -0.15) is 0 Å². The van der Waals surface area contributed by atoms with E-state index in [9.17, 15) is 0 Å². The predicted octanol–water partition coefficient (Wildman–Crippen LogP) is 15.3. The Morgan fingerprint density at radius 1 is 0.484 bits per heavy atom. The van der Waals surface area contributed by atoms with Gasteiger partial charge in [-0.05, 0) is 78.4 Å². The van der Waals surface area contributed by atoms with E-state index in [0.29, 0.717) is 11.8 Å². The van der Waals surface area contributed by atoms with Crippen molar-refractivity contribution in [3.8, 4) is 34.2 Å². The number of fused-ring (bicyclic) bond motifs is 8. The van der Waals surface area contributed by atoms with Gasteiger partial charge in [-0.15, -0.1) is 54.1 Å². The Labute approximate surface area is 385 Å². The second-order valence-corrected chi connectivity index (χ2v) is 16.8. The molecule has 4 aromatic heterocycles. The molecule has 64 heavy (non-hydrogen) atoms. The van der Waals surface area contributed by atoms with E-state index in [4.69, 9.17) is 18.8 Å². The number of hydrogen-bond acceptors (Lipinski definition) is 4. The molecule has 0 aliphatic heterocycles. The van der Waals surface area contributed by atoms with Crippen molar-refractivity contribution < 1.29 is 28.9 Å². The number of nitrogens with zero attached hydrogens (tertiary/aromatic N) is 4. The molecule has 0 fully saturated rings. The van der Waals surface area contributed by atoms with Crippen LogP contribution in [0.5, 0.6) is 0 Å². The summed E-state index contributed by atoms with van der Waals surface area (Å²) >= 11 is 0. The van der Waals surface area contributed by atoms with Crippen LogP contribution in [0.3, 0.4) is 0 Å². The number of furan rings is 2. The molecular formula is C57H44IrN4O2-2. The van der Waals surface area contributed by atoms with Crippen molar-refractivity contribution in [2.24, 2.45) is 0 Å². The van der Waals surface area contributed by atoms with E-state index in [0.717, 1.165) is 100.0 Å². The van der Waals surface area contributed by atoms with Crippen molar-refractivity contribution in [1.82, 2.24) is 19.1 Å². The molecule has 315 valence electrons. The molecule has 4 heterocycles. The van der Waals surface area contributed by atoms with Gasteiger partial charge in [0.05, 0.1) is 39.3 Å². The first kappa shape index (κ1) is 41.0. The van der Waals surface area contributed by atoms with Crippen LogP contribution < -0.4 is 0 Å². The van der Waals surface area contributed by atoms with Crippen molar-refractivity contribution in [2.45, 2.75) is 46.5 Å². The van der Waals surface area contributed by atoms with Crippen LogP contribution in [0.25, 0.3) is 100 Å². The predicted molar refractivity (Wildman–Crippen MR) is 258 cm³/mol. The second kappa shape index (κ2) is 16.6. The molecule has 12 aromatic rings. The van der Waals surface area contributed by atoms with E-state index in [1.54, 1.807) is 0 Å². The normalized spacial score (nSPS) is 11.7. The van der Waals surface area contributed by atoms with Crippen LogP contribution in [0, 0.1) is 19.1 Å². The molecule has 0 unspecified atom stereocenters. The minimum Gasteiger partial charge on any atom is -0.501 e. The fourth-order valence-electron chi connectivity index (χ4n) is 9.18. The molecule has 0 spiro atoms. The van der Waals surface area contributed by atoms with Crippen LogP contribution in [0.1, 0.15) is 56.2 Å². The van der Waals surface area contributed by atoms with Gasteiger partial charge >= 0.3 is 0 Å². The maximum absolute atomic E-state index is 6.36. The third-order valence-electron chi connectivity index (χ3n) is 12.2.